The highest BCUT2D eigenvalue weighted by atomic mass is 19.4. The molecule has 192 valence electrons. The molecule has 1 amide bonds. The Labute approximate surface area is 217 Å². The van der Waals surface area contributed by atoms with Crippen LogP contribution in [-0.4, -0.2) is 30.9 Å². The summed E-state index contributed by atoms with van der Waals surface area (Å²) < 4.78 is 39.6. The molecule has 1 aliphatic heterocycles. The molecule has 0 saturated carbocycles. The van der Waals surface area contributed by atoms with Crippen LogP contribution in [0.2, 0.25) is 0 Å². The van der Waals surface area contributed by atoms with Gasteiger partial charge in [-0.05, 0) is 52.7 Å². The lowest BCUT2D eigenvalue weighted by Crippen LogP contribution is -2.29. The molecule has 0 aliphatic carbocycles. The number of fused-ring (bicyclic) bond motifs is 1. The molecule has 5 nitrogen and oxygen atoms in total. The van der Waals surface area contributed by atoms with Crippen molar-refractivity contribution in [2.45, 2.75) is 12.2 Å². The highest BCUT2D eigenvalue weighted by Crippen LogP contribution is 2.43. The monoisotopic (exact) mass is 516 g/mol. The summed E-state index contributed by atoms with van der Waals surface area (Å²) in [5.41, 5.74) is 0.872. The van der Waals surface area contributed by atoms with Crippen LogP contribution < -0.4 is 9.80 Å². The summed E-state index contributed by atoms with van der Waals surface area (Å²) in [5, 5.41) is 13.0. The number of aliphatic hydroxyl groups excluding tert-OH is 1. The molecule has 0 aromatic heterocycles. The Morgan fingerprint density at radius 3 is 2.11 bits per heavy atom. The number of rotatable bonds is 4. The van der Waals surface area contributed by atoms with Gasteiger partial charge in [0, 0.05) is 31.0 Å². The van der Waals surface area contributed by atoms with Gasteiger partial charge >= 0.3 is 6.18 Å². The predicted molar refractivity (Wildman–Crippen MR) is 141 cm³/mol. The minimum atomic E-state index is -4.55. The molecule has 1 aliphatic rings. The molecule has 4 aromatic rings. The Morgan fingerprint density at radius 2 is 1.47 bits per heavy atom. The number of amides is 1. The Bertz CT molecular complexity index is 1570. The van der Waals surface area contributed by atoms with Crippen molar-refractivity contribution in [3.63, 3.8) is 0 Å². The molecular weight excluding hydrogens is 493 g/mol. The van der Waals surface area contributed by atoms with Crippen molar-refractivity contribution in [2.24, 2.45) is 0 Å². The van der Waals surface area contributed by atoms with E-state index in [1.54, 1.807) is 48.5 Å². The van der Waals surface area contributed by atoms with E-state index in [0.29, 0.717) is 16.5 Å². The third-order valence-electron chi connectivity index (χ3n) is 6.69. The van der Waals surface area contributed by atoms with Crippen LogP contribution in [0.5, 0.6) is 0 Å². The first-order chi connectivity index (χ1) is 18.1. The number of nitrogens with zero attached hydrogens (tertiary/aromatic N) is 2. The van der Waals surface area contributed by atoms with Crippen molar-refractivity contribution in [3.05, 3.63) is 113 Å². The van der Waals surface area contributed by atoms with Crippen LogP contribution in [0.4, 0.5) is 24.5 Å². The highest BCUT2D eigenvalue weighted by molar-refractivity contribution is 6.51. The second-order valence-electron chi connectivity index (χ2n) is 9.23. The molecule has 1 N–H and O–H groups in total. The van der Waals surface area contributed by atoms with Crippen molar-refractivity contribution in [1.82, 2.24) is 0 Å². The molecule has 0 spiro atoms. The molecule has 1 saturated heterocycles. The molecule has 1 fully saturated rings. The van der Waals surface area contributed by atoms with Crippen molar-refractivity contribution >= 4 is 39.6 Å². The maximum Gasteiger partial charge on any atom is 0.416 e. The molecular formula is C30H23F3N2O3. The fourth-order valence-corrected chi connectivity index (χ4v) is 4.76. The number of Topliss-reactive ketones (excluding diaryl/α,β-unsaturated/α-hetero) is 1. The third-order valence-corrected chi connectivity index (χ3v) is 6.69. The van der Waals surface area contributed by atoms with Crippen LogP contribution in [0.15, 0.2) is 96.6 Å². The van der Waals surface area contributed by atoms with E-state index in [2.05, 4.69) is 0 Å². The number of benzene rings is 4. The number of hydrogen-bond acceptors (Lipinski definition) is 4. The summed E-state index contributed by atoms with van der Waals surface area (Å²) in [5.74, 6) is -2.21. The lowest BCUT2D eigenvalue weighted by molar-refractivity contribution is -0.137. The first-order valence-corrected chi connectivity index (χ1v) is 11.8. The summed E-state index contributed by atoms with van der Waals surface area (Å²) in [7, 11) is 3.73. The number of halogens is 3. The topological polar surface area (TPSA) is 60.9 Å². The number of carbonyl (C=O) groups is 2. The normalized spacial score (nSPS) is 17.3. The molecule has 38 heavy (non-hydrogen) atoms. The number of anilines is 2. The van der Waals surface area contributed by atoms with Crippen molar-refractivity contribution in [1.29, 1.82) is 0 Å². The summed E-state index contributed by atoms with van der Waals surface area (Å²) >= 11 is 0. The molecule has 0 radical (unpaired) electrons. The maximum atomic E-state index is 13.4. The smallest absolute Gasteiger partial charge is 0.416 e. The Hall–Kier alpha value is -4.59. The maximum absolute atomic E-state index is 13.4. The number of aliphatic hydroxyl groups is 1. The largest absolute Gasteiger partial charge is 0.507 e. The lowest BCUT2D eigenvalue weighted by atomic mass is 9.93. The number of carbonyl (C=O) groups excluding carboxylic acids is 2. The fourth-order valence-electron chi connectivity index (χ4n) is 4.76. The molecule has 0 bridgehead atoms. The van der Waals surface area contributed by atoms with Crippen molar-refractivity contribution in [2.75, 3.05) is 23.9 Å². The van der Waals surface area contributed by atoms with Gasteiger partial charge in [0.1, 0.15) is 5.76 Å². The van der Waals surface area contributed by atoms with Crippen LogP contribution in [0.1, 0.15) is 22.7 Å². The highest BCUT2D eigenvalue weighted by Gasteiger charge is 2.47. The van der Waals surface area contributed by atoms with E-state index in [-0.39, 0.29) is 17.0 Å². The van der Waals surface area contributed by atoms with E-state index in [0.717, 1.165) is 40.2 Å². The standard InChI is InChI=1S/C30H23F3N2O3/c1-34(2)21-14-10-19(11-15-21)26-25(27(36)24-9-5-7-18-6-3-4-8-23(18)24)28(37)29(38)35(26)22-16-12-20(13-17-22)30(31,32)33/h3-17,26,36H,1-2H3/b27-25-. The zero-order chi connectivity index (χ0) is 27.2. The van der Waals surface area contributed by atoms with E-state index in [9.17, 15) is 27.9 Å². The quantitative estimate of drug-likeness (QED) is 0.190. The van der Waals surface area contributed by atoms with E-state index < -0.39 is 29.5 Å². The Kier molecular flexibility index (Phi) is 6.18. The second kappa shape index (κ2) is 9.37. The van der Waals surface area contributed by atoms with Crippen LogP contribution in [0, 0.1) is 0 Å². The molecule has 4 aromatic carbocycles. The Balaban J connectivity index is 1.72. The summed E-state index contributed by atoms with van der Waals surface area (Å²) in [4.78, 5) is 29.8. The van der Waals surface area contributed by atoms with Gasteiger partial charge in [-0.2, -0.15) is 13.2 Å². The van der Waals surface area contributed by atoms with Crippen molar-refractivity contribution < 1.29 is 27.9 Å². The van der Waals surface area contributed by atoms with Crippen LogP contribution in [-0.2, 0) is 15.8 Å². The van der Waals surface area contributed by atoms with Gasteiger partial charge in [0.15, 0.2) is 0 Å². The SMILES string of the molecule is CN(C)c1ccc(C2/C(=C(/O)c3cccc4ccccc34)C(=O)C(=O)N2c2ccc(C(F)(F)F)cc2)cc1. The molecule has 1 unspecified atom stereocenters. The van der Waals surface area contributed by atoms with Gasteiger partial charge in [0.05, 0.1) is 17.2 Å². The average Bonchev–Trinajstić information content (AvgIpc) is 3.17. The van der Waals surface area contributed by atoms with E-state index in [4.69, 9.17) is 0 Å². The van der Waals surface area contributed by atoms with E-state index >= 15 is 0 Å². The number of alkyl halides is 3. The Morgan fingerprint density at radius 1 is 0.842 bits per heavy atom. The van der Waals surface area contributed by atoms with Gasteiger partial charge in [0.2, 0.25) is 0 Å². The third kappa shape index (κ3) is 4.28. The first-order valence-electron chi connectivity index (χ1n) is 11.8. The van der Waals surface area contributed by atoms with Gasteiger partial charge < -0.3 is 10.0 Å². The van der Waals surface area contributed by atoms with Crippen molar-refractivity contribution in [3.8, 4) is 0 Å². The number of ketones is 1. The molecule has 1 atom stereocenters. The zero-order valence-electron chi connectivity index (χ0n) is 20.5. The van der Waals surface area contributed by atoms with Crippen LogP contribution in [0.25, 0.3) is 16.5 Å². The van der Waals surface area contributed by atoms with Crippen LogP contribution >= 0.6 is 0 Å². The fraction of sp³-hybridized carbons (Fsp3) is 0.133. The molecule has 8 heteroatoms. The average molecular weight is 517 g/mol. The van der Waals surface area contributed by atoms with Gasteiger partial charge in [-0.25, -0.2) is 0 Å². The van der Waals surface area contributed by atoms with Crippen LogP contribution in [0.3, 0.4) is 0 Å². The van der Waals surface area contributed by atoms with E-state index in [1.165, 1.54) is 0 Å². The van der Waals surface area contributed by atoms with Gasteiger partial charge in [-0.1, -0.05) is 54.6 Å². The van der Waals surface area contributed by atoms with Gasteiger partial charge in [-0.15, -0.1) is 0 Å². The minimum absolute atomic E-state index is 0.110. The van der Waals surface area contributed by atoms with Gasteiger partial charge in [0.25, 0.3) is 11.7 Å². The van der Waals surface area contributed by atoms with Gasteiger partial charge in [-0.3, -0.25) is 14.5 Å². The summed E-state index contributed by atoms with van der Waals surface area (Å²) in [6.07, 6.45) is -4.55. The summed E-state index contributed by atoms with van der Waals surface area (Å²) in [6, 6.07) is 22.7. The number of hydrogen-bond donors (Lipinski definition) is 1. The lowest BCUT2D eigenvalue weighted by Gasteiger charge is -2.26. The van der Waals surface area contributed by atoms with E-state index in [1.807, 2.05) is 37.2 Å². The first kappa shape index (κ1) is 25.1. The second-order valence-corrected chi connectivity index (χ2v) is 9.23. The molecule has 5 rings (SSSR count). The predicted octanol–water partition coefficient (Wildman–Crippen LogP) is 6.55. The molecule has 1 heterocycles. The summed E-state index contributed by atoms with van der Waals surface area (Å²) in [6.45, 7) is 0. The zero-order valence-corrected chi connectivity index (χ0v) is 20.5. The minimum Gasteiger partial charge on any atom is -0.507 e.